The van der Waals surface area contributed by atoms with Crippen LogP contribution in [0.5, 0.6) is 0 Å². The van der Waals surface area contributed by atoms with Crippen LogP contribution < -0.4 is 0 Å². The van der Waals surface area contributed by atoms with Crippen LogP contribution in [0.4, 0.5) is 4.39 Å². The number of thioether (sulfide) groups is 1. The van der Waals surface area contributed by atoms with Crippen molar-refractivity contribution in [2.24, 2.45) is 0 Å². The largest absolute Gasteiger partial charge is 0.332 e. The fraction of sp³-hybridized carbons (Fsp3) is 0.143. The van der Waals surface area contributed by atoms with E-state index in [4.69, 9.17) is 16.9 Å². The van der Waals surface area contributed by atoms with Gasteiger partial charge in [0.1, 0.15) is 16.5 Å². The zero-order valence-electron chi connectivity index (χ0n) is 20.9. The Kier molecular flexibility index (Phi) is 8.81. The first-order chi connectivity index (χ1) is 19.5. The van der Waals surface area contributed by atoms with Crippen LogP contribution in [0.3, 0.4) is 0 Å². The minimum atomic E-state index is -0.425. The maximum absolute atomic E-state index is 14.9. The van der Waals surface area contributed by atoms with Crippen LogP contribution in [-0.2, 0) is 12.3 Å². The van der Waals surface area contributed by atoms with Gasteiger partial charge in [-0.15, -0.1) is 21.5 Å². The van der Waals surface area contributed by atoms with E-state index in [0.717, 1.165) is 5.56 Å². The fourth-order valence-corrected chi connectivity index (χ4v) is 5.89. The number of nitriles is 1. The summed E-state index contributed by atoms with van der Waals surface area (Å²) in [6, 6.07) is 19.4. The molecule has 3 heterocycles. The lowest BCUT2D eigenvalue weighted by Gasteiger charge is -2.20. The van der Waals surface area contributed by atoms with E-state index >= 15 is 0 Å². The molecule has 0 radical (unpaired) electrons. The van der Waals surface area contributed by atoms with Crippen molar-refractivity contribution in [3.63, 3.8) is 0 Å². The van der Waals surface area contributed by atoms with E-state index in [-0.39, 0.29) is 18.9 Å². The summed E-state index contributed by atoms with van der Waals surface area (Å²) >= 11 is 9.11. The first kappa shape index (κ1) is 27.5. The monoisotopic (exact) mass is 589 g/mol. The predicted octanol–water partition coefficient (Wildman–Crippen LogP) is 6.43. The predicted molar refractivity (Wildman–Crippen MR) is 153 cm³/mol. The van der Waals surface area contributed by atoms with Gasteiger partial charge in [0, 0.05) is 36.4 Å². The van der Waals surface area contributed by atoms with Gasteiger partial charge in [0.25, 0.3) is 5.91 Å². The molecule has 0 aliphatic carbocycles. The van der Waals surface area contributed by atoms with E-state index in [2.05, 4.69) is 26.2 Å². The van der Waals surface area contributed by atoms with Gasteiger partial charge < -0.3 is 4.90 Å². The fourth-order valence-electron chi connectivity index (χ4n) is 3.94. The van der Waals surface area contributed by atoms with Crippen LogP contribution in [0.1, 0.15) is 27.5 Å². The lowest BCUT2D eigenvalue weighted by atomic mass is 10.2. The molecular weight excluding hydrogens is 569 g/mol. The van der Waals surface area contributed by atoms with Crippen LogP contribution >= 0.6 is 34.7 Å². The third kappa shape index (κ3) is 6.20. The molecule has 0 saturated carbocycles. The molecule has 5 rings (SSSR count). The Morgan fingerprint density at radius 1 is 1.12 bits per heavy atom. The number of halogens is 2. The Hall–Kier alpha value is -4.11. The van der Waals surface area contributed by atoms with E-state index in [9.17, 15) is 9.18 Å². The molecule has 0 spiro atoms. The standard InChI is InChI=1S/C28H21ClFN7OS2/c29-21-9-2-1-8-20(21)26-34-35-28(37(26)24-11-4-3-10-22(24)30)40-18-25-33-23(17-39-25)27(38)36(14-6-12-31)16-19-7-5-13-32-15-19/h1-5,7-11,13,15,17H,6,14,16,18H2. The number of nitrogens with zero attached hydrogens (tertiary/aromatic N) is 7. The van der Waals surface area contributed by atoms with Crippen LogP contribution in [0.15, 0.2) is 83.6 Å². The van der Waals surface area contributed by atoms with Crippen LogP contribution in [0.25, 0.3) is 17.1 Å². The van der Waals surface area contributed by atoms with E-state index in [1.165, 1.54) is 29.2 Å². The second-order valence-electron chi connectivity index (χ2n) is 8.48. The molecule has 0 unspecified atom stereocenters. The SMILES string of the molecule is N#CCCN(Cc1cccnc1)C(=O)c1csc(CSc2nnc(-c3ccccc3Cl)n2-c2ccccc2F)n1. The van der Waals surface area contributed by atoms with Crippen LogP contribution in [0, 0.1) is 17.1 Å². The average Bonchev–Trinajstić information content (AvgIpc) is 3.62. The lowest BCUT2D eigenvalue weighted by Crippen LogP contribution is -2.31. The third-order valence-electron chi connectivity index (χ3n) is 5.81. The Labute approximate surface area is 243 Å². The molecule has 0 aliphatic rings. The molecule has 0 N–H and O–H groups in total. The zero-order valence-corrected chi connectivity index (χ0v) is 23.3. The quantitative estimate of drug-likeness (QED) is 0.173. The van der Waals surface area contributed by atoms with E-state index < -0.39 is 5.82 Å². The van der Waals surface area contributed by atoms with Gasteiger partial charge in [-0.25, -0.2) is 9.37 Å². The molecule has 0 atom stereocenters. The van der Waals surface area contributed by atoms with Gasteiger partial charge in [0.15, 0.2) is 11.0 Å². The Morgan fingerprint density at radius 2 is 1.95 bits per heavy atom. The smallest absolute Gasteiger partial charge is 0.273 e. The first-order valence-electron chi connectivity index (χ1n) is 12.1. The van der Waals surface area contributed by atoms with Crippen molar-refractivity contribution in [2.75, 3.05) is 6.54 Å². The molecule has 0 bridgehead atoms. The number of hydrogen-bond donors (Lipinski definition) is 0. The summed E-state index contributed by atoms with van der Waals surface area (Å²) in [6.07, 6.45) is 3.57. The van der Waals surface area contributed by atoms with Gasteiger partial charge in [-0.2, -0.15) is 5.26 Å². The summed E-state index contributed by atoms with van der Waals surface area (Å²) in [5.74, 6) is 0.109. The van der Waals surface area contributed by atoms with E-state index in [0.29, 0.717) is 50.3 Å². The number of para-hydroxylation sites is 1. The first-order valence-corrected chi connectivity index (χ1v) is 14.4. The highest BCUT2D eigenvalue weighted by molar-refractivity contribution is 7.98. The summed E-state index contributed by atoms with van der Waals surface area (Å²) in [5.41, 5.74) is 2.08. The molecule has 8 nitrogen and oxygen atoms in total. The number of benzene rings is 2. The lowest BCUT2D eigenvalue weighted by molar-refractivity contribution is 0.0741. The summed E-state index contributed by atoms with van der Waals surface area (Å²) in [5, 5.41) is 21.1. The highest BCUT2D eigenvalue weighted by Gasteiger charge is 2.22. The average molecular weight is 590 g/mol. The highest BCUT2D eigenvalue weighted by atomic mass is 35.5. The van der Waals surface area contributed by atoms with Gasteiger partial charge in [-0.1, -0.05) is 53.7 Å². The number of amides is 1. The molecule has 2 aromatic carbocycles. The summed E-state index contributed by atoms with van der Waals surface area (Å²) in [7, 11) is 0. The number of thiazole rings is 1. The topological polar surface area (TPSA) is 101 Å². The molecule has 0 saturated heterocycles. The minimum Gasteiger partial charge on any atom is -0.332 e. The van der Waals surface area contributed by atoms with E-state index in [1.54, 1.807) is 63.6 Å². The molecule has 12 heteroatoms. The molecular formula is C28H21ClFN7OS2. The Balaban J connectivity index is 1.38. The molecule has 1 amide bonds. The number of pyridine rings is 1. The van der Waals surface area contributed by atoms with Gasteiger partial charge >= 0.3 is 0 Å². The van der Waals surface area contributed by atoms with Crippen molar-refractivity contribution < 1.29 is 9.18 Å². The Morgan fingerprint density at radius 3 is 2.73 bits per heavy atom. The maximum atomic E-state index is 14.9. The zero-order chi connectivity index (χ0) is 27.9. The highest BCUT2D eigenvalue weighted by Crippen LogP contribution is 2.34. The third-order valence-corrected chi connectivity index (χ3v) is 8.12. The van der Waals surface area contributed by atoms with Crippen molar-refractivity contribution in [3.8, 4) is 23.1 Å². The molecule has 200 valence electrons. The van der Waals surface area contributed by atoms with Crippen molar-refractivity contribution in [1.29, 1.82) is 5.26 Å². The van der Waals surface area contributed by atoms with E-state index in [1.807, 2.05) is 18.2 Å². The summed E-state index contributed by atoms with van der Waals surface area (Å²) < 4.78 is 16.5. The number of carbonyl (C=O) groups excluding carboxylic acids is 1. The van der Waals surface area contributed by atoms with Crippen LogP contribution in [0.2, 0.25) is 5.02 Å². The minimum absolute atomic E-state index is 0.207. The van der Waals surface area contributed by atoms with Gasteiger partial charge in [-0.05, 0) is 35.9 Å². The number of aromatic nitrogens is 5. The molecule has 5 aromatic rings. The molecule has 0 aliphatic heterocycles. The van der Waals surface area contributed by atoms with Crippen molar-refractivity contribution in [3.05, 3.63) is 106 Å². The number of hydrogen-bond acceptors (Lipinski definition) is 8. The second kappa shape index (κ2) is 12.8. The molecule has 40 heavy (non-hydrogen) atoms. The maximum Gasteiger partial charge on any atom is 0.273 e. The normalized spacial score (nSPS) is 10.8. The number of carbonyl (C=O) groups is 1. The number of rotatable bonds is 10. The van der Waals surface area contributed by atoms with Crippen molar-refractivity contribution >= 4 is 40.6 Å². The summed E-state index contributed by atoms with van der Waals surface area (Å²) in [6.45, 7) is 0.606. The van der Waals surface area contributed by atoms with Gasteiger partial charge in [0.05, 0.1) is 29.0 Å². The second-order valence-corrected chi connectivity index (χ2v) is 10.8. The van der Waals surface area contributed by atoms with Crippen molar-refractivity contribution in [1.82, 2.24) is 29.6 Å². The van der Waals surface area contributed by atoms with Gasteiger partial charge in [0.2, 0.25) is 0 Å². The Bertz CT molecular complexity index is 1670. The summed E-state index contributed by atoms with van der Waals surface area (Å²) in [4.78, 5) is 23.5. The van der Waals surface area contributed by atoms with Gasteiger partial charge in [-0.3, -0.25) is 14.3 Å². The van der Waals surface area contributed by atoms with Crippen LogP contribution in [-0.4, -0.2) is 42.1 Å². The van der Waals surface area contributed by atoms with Crippen molar-refractivity contribution in [2.45, 2.75) is 23.9 Å². The molecule has 3 aromatic heterocycles. The molecule has 0 fully saturated rings.